The Balaban J connectivity index is 1.94. The molecule has 0 atom stereocenters. The Morgan fingerprint density at radius 2 is 1.89 bits per heavy atom. The first-order valence-corrected chi connectivity index (χ1v) is 6.35. The summed E-state index contributed by atoms with van der Waals surface area (Å²) in [6.45, 7) is 0. The maximum atomic E-state index is 11.7. The van der Waals surface area contributed by atoms with Gasteiger partial charge in [0.2, 0.25) is 5.90 Å². The molecule has 0 unspecified atom stereocenters. The number of ether oxygens (including phenoxy) is 1. The fraction of sp³-hybridized carbons (Fsp3) is 0. The maximum Gasteiger partial charge on any atom is 0.363 e. The van der Waals surface area contributed by atoms with E-state index in [1.165, 1.54) is 0 Å². The topological polar surface area (TPSA) is 51.8 Å². The van der Waals surface area contributed by atoms with Crippen LogP contribution in [0, 0.1) is 0 Å². The highest BCUT2D eigenvalue weighted by atomic mass is 79.9. The second-order valence-electron chi connectivity index (χ2n) is 3.84. The Kier molecular flexibility index (Phi) is 3.05. The van der Waals surface area contributed by atoms with Crippen LogP contribution >= 0.6 is 15.9 Å². The zero-order valence-corrected chi connectivity index (χ0v) is 11.3. The average Bonchev–Trinajstić information content (AvgIpc) is 2.98. The molecule has 0 spiro atoms. The van der Waals surface area contributed by atoms with E-state index < -0.39 is 5.97 Å². The van der Waals surface area contributed by atoms with Gasteiger partial charge in [0.25, 0.3) is 0 Å². The minimum absolute atomic E-state index is 0.223. The number of furan rings is 1. The van der Waals surface area contributed by atoms with Gasteiger partial charge < -0.3 is 9.15 Å². The molecule has 0 bridgehead atoms. The zero-order chi connectivity index (χ0) is 13.2. The number of cyclic esters (lactones) is 1. The van der Waals surface area contributed by atoms with E-state index in [0.29, 0.717) is 16.3 Å². The van der Waals surface area contributed by atoms with E-state index in [4.69, 9.17) is 9.15 Å². The van der Waals surface area contributed by atoms with Crippen LogP contribution in [0.5, 0.6) is 0 Å². The highest BCUT2D eigenvalue weighted by Crippen LogP contribution is 2.21. The molecule has 19 heavy (non-hydrogen) atoms. The molecule has 1 aromatic heterocycles. The number of benzene rings is 1. The minimum Gasteiger partial charge on any atom is -0.450 e. The van der Waals surface area contributed by atoms with Crippen molar-refractivity contribution in [3.8, 4) is 0 Å². The lowest BCUT2D eigenvalue weighted by atomic mass is 10.2. The summed E-state index contributed by atoms with van der Waals surface area (Å²) in [5, 5.41) is 0. The summed E-state index contributed by atoms with van der Waals surface area (Å²) in [7, 11) is 0. The van der Waals surface area contributed by atoms with Crippen LogP contribution in [0.2, 0.25) is 0 Å². The van der Waals surface area contributed by atoms with Crippen molar-refractivity contribution in [2.75, 3.05) is 0 Å². The number of carbonyl (C=O) groups excluding carboxylic acids is 1. The summed E-state index contributed by atoms with van der Waals surface area (Å²) in [5.74, 6) is 0.366. The number of rotatable bonds is 2. The molecule has 4 nitrogen and oxygen atoms in total. The number of esters is 1. The van der Waals surface area contributed by atoms with Gasteiger partial charge >= 0.3 is 5.97 Å². The summed E-state index contributed by atoms with van der Waals surface area (Å²) in [6.07, 6.45) is 1.54. The van der Waals surface area contributed by atoms with Gasteiger partial charge in [0, 0.05) is 11.6 Å². The zero-order valence-electron chi connectivity index (χ0n) is 9.67. The molecule has 3 rings (SSSR count). The monoisotopic (exact) mass is 317 g/mol. The van der Waals surface area contributed by atoms with Crippen LogP contribution in [-0.2, 0) is 9.53 Å². The molecule has 94 valence electrons. The van der Waals surface area contributed by atoms with Crippen LogP contribution in [0.4, 0.5) is 0 Å². The molecule has 0 N–H and O–H groups in total. The third-order valence-corrected chi connectivity index (χ3v) is 2.94. The normalized spacial score (nSPS) is 16.6. The third kappa shape index (κ3) is 2.51. The van der Waals surface area contributed by atoms with Crippen molar-refractivity contribution >= 4 is 33.9 Å². The summed E-state index contributed by atoms with van der Waals surface area (Å²) in [6, 6.07) is 12.7. The second-order valence-corrected chi connectivity index (χ2v) is 4.63. The van der Waals surface area contributed by atoms with Crippen LogP contribution in [0.15, 0.2) is 62.2 Å². The quantitative estimate of drug-likeness (QED) is 0.630. The molecule has 0 radical (unpaired) electrons. The molecule has 5 heteroatoms. The van der Waals surface area contributed by atoms with Crippen LogP contribution < -0.4 is 0 Å². The average molecular weight is 318 g/mol. The van der Waals surface area contributed by atoms with Crippen molar-refractivity contribution < 1.29 is 13.9 Å². The molecule has 0 amide bonds. The first kappa shape index (κ1) is 11.9. The number of aliphatic imine (C=N–C) groups is 1. The first-order valence-electron chi connectivity index (χ1n) is 5.56. The molecular formula is C14H8BrNO3. The van der Waals surface area contributed by atoms with Gasteiger partial charge in [-0.2, -0.15) is 0 Å². The van der Waals surface area contributed by atoms with E-state index in [1.807, 2.05) is 30.3 Å². The minimum atomic E-state index is -0.480. The van der Waals surface area contributed by atoms with Crippen LogP contribution in [0.3, 0.4) is 0 Å². The van der Waals surface area contributed by atoms with Gasteiger partial charge in [-0.1, -0.05) is 18.2 Å². The van der Waals surface area contributed by atoms with E-state index >= 15 is 0 Å². The van der Waals surface area contributed by atoms with E-state index in [0.717, 1.165) is 5.56 Å². The maximum absolute atomic E-state index is 11.7. The highest BCUT2D eigenvalue weighted by molar-refractivity contribution is 9.10. The lowest BCUT2D eigenvalue weighted by Crippen LogP contribution is -2.04. The lowest BCUT2D eigenvalue weighted by Gasteiger charge is -1.97. The van der Waals surface area contributed by atoms with Crippen LogP contribution in [-0.4, -0.2) is 11.9 Å². The van der Waals surface area contributed by atoms with E-state index in [-0.39, 0.29) is 5.70 Å². The summed E-state index contributed by atoms with van der Waals surface area (Å²) >= 11 is 3.20. The molecule has 0 fully saturated rings. The number of hydrogen-bond acceptors (Lipinski definition) is 4. The molecule has 0 aliphatic carbocycles. The fourth-order valence-electron chi connectivity index (χ4n) is 1.65. The Labute approximate surface area is 117 Å². The SMILES string of the molecule is O=C1OC(c2ccccc2)=N/C1=C\c1ccc(Br)o1. The Morgan fingerprint density at radius 3 is 2.58 bits per heavy atom. The van der Waals surface area contributed by atoms with Crippen molar-refractivity contribution in [1.29, 1.82) is 0 Å². The predicted molar refractivity (Wildman–Crippen MR) is 73.5 cm³/mol. The molecule has 0 saturated heterocycles. The van der Waals surface area contributed by atoms with Gasteiger partial charge in [-0.15, -0.1) is 0 Å². The van der Waals surface area contributed by atoms with Crippen molar-refractivity contribution in [2.24, 2.45) is 4.99 Å². The molecule has 0 saturated carbocycles. The fourth-order valence-corrected chi connectivity index (χ4v) is 1.97. The molecule has 1 aliphatic rings. The van der Waals surface area contributed by atoms with Crippen molar-refractivity contribution in [2.45, 2.75) is 0 Å². The van der Waals surface area contributed by atoms with E-state index in [2.05, 4.69) is 20.9 Å². The van der Waals surface area contributed by atoms with Crippen molar-refractivity contribution in [1.82, 2.24) is 0 Å². The van der Waals surface area contributed by atoms with Gasteiger partial charge in [-0.05, 0) is 40.2 Å². The second kappa shape index (κ2) is 4.85. The highest BCUT2D eigenvalue weighted by Gasteiger charge is 2.24. The standard InChI is InChI=1S/C14H8BrNO3/c15-12-7-6-10(18-12)8-11-14(17)19-13(16-11)9-4-2-1-3-5-9/h1-8H/b11-8-. The third-order valence-electron chi connectivity index (χ3n) is 2.51. The van der Waals surface area contributed by atoms with Gasteiger partial charge in [-0.25, -0.2) is 9.79 Å². The van der Waals surface area contributed by atoms with Gasteiger partial charge in [0.1, 0.15) is 5.76 Å². The van der Waals surface area contributed by atoms with Gasteiger partial charge in [0.15, 0.2) is 10.4 Å². The molecule has 2 aromatic rings. The molecule has 2 heterocycles. The van der Waals surface area contributed by atoms with Gasteiger partial charge in [0.05, 0.1) is 0 Å². The predicted octanol–water partition coefficient (Wildman–Crippen LogP) is 3.39. The molecular weight excluding hydrogens is 310 g/mol. The van der Waals surface area contributed by atoms with Crippen LogP contribution in [0.1, 0.15) is 11.3 Å². The first-order chi connectivity index (χ1) is 9.22. The Morgan fingerprint density at radius 1 is 1.11 bits per heavy atom. The number of hydrogen-bond donors (Lipinski definition) is 0. The summed E-state index contributed by atoms with van der Waals surface area (Å²) < 4.78 is 11.0. The number of carbonyl (C=O) groups is 1. The van der Waals surface area contributed by atoms with Crippen molar-refractivity contribution in [3.63, 3.8) is 0 Å². The van der Waals surface area contributed by atoms with E-state index in [9.17, 15) is 4.79 Å². The van der Waals surface area contributed by atoms with Crippen LogP contribution in [0.25, 0.3) is 6.08 Å². The molecule has 1 aromatic carbocycles. The van der Waals surface area contributed by atoms with Gasteiger partial charge in [-0.3, -0.25) is 0 Å². The summed E-state index contributed by atoms with van der Waals surface area (Å²) in [5.41, 5.74) is 0.987. The lowest BCUT2D eigenvalue weighted by molar-refractivity contribution is -0.129. The largest absolute Gasteiger partial charge is 0.450 e. The Hall–Kier alpha value is -2.14. The van der Waals surface area contributed by atoms with Crippen molar-refractivity contribution in [3.05, 3.63) is 64.2 Å². The molecule has 1 aliphatic heterocycles. The smallest absolute Gasteiger partial charge is 0.363 e. The number of halogens is 1. The van der Waals surface area contributed by atoms with E-state index in [1.54, 1.807) is 18.2 Å². The number of nitrogens with zero attached hydrogens (tertiary/aromatic N) is 1. The summed E-state index contributed by atoms with van der Waals surface area (Å²) in [4.78, 5) is 15.9. The Bertz CT molecular complexity index is 686.